The monoisotopic (exact) mass is 341 g/mol. The summed E-state index contributed by atoms with van der Waals surface area (Å²) in [5.74, 6) is -0.0622. The molecular weight excluding hydrogens is 322 g/mol. The average molecular weight is 341 g/mol. The summed E-state index contributed by atoms with van der Waals surface area (Å²) in [4.78, 5) is 14.6. The summed E-state index contributed by atoms with van der Waals surface area (Å²) in [6.45, 7) is 0.603. The third kappa shape index (κ3) is 4.28. The maximum Gasteiger partial charge on any atom is 0.246 e. The van der Waals surface area contributed by atoms with E-state index in [1.165, 1.54) is 0 Å². The molecule has 3 rings (SSSR count). The van der Waals surface area contributed by atoms with Gasteiger partial charge in [-0.3, -0.25) is 4.79 Å². The van der Waals surface area contributed by atoms with E-state index in [-0.39, 0.29) is 12.5 Å². The van der Waals surface area contributed by atoms with Crippen LogP contribution in [0.3, 0.4) is 0 Å². The SMILES string of the molecule is N#Cc1ccccc1NCC(=O)N(Cc1ccccc1)c1ccccc1. The zero-order valence-corrected chi connectivity index (χ0v) is 14.3. The molecule has 0 saturated heterocycles. The lowest BCUT2D eigenvalue weighted by atomic mass is 10.2. The number of nitrogens with zero attached hydrogens (tertiary/aromatic N) is 2. The molecule has 128 valence electrons. The normalized spacial score (nSPS) is 9.96. The average Bonchev–Trinajstić information content (AvgIpc) is 2.72. The topological polar surface area (TPSA) is 56.1 Å². The van der Waals surface area contributed by atoms with Gasteiger partial charge in [-0.25, -0.2) is 0 Å². The fourth-order valence-corrected chi connectivity index (χ4v) is 2.70. The number of rotatable bonds is 6. The molecule has 1 N–H and O–H groups in total. The molecule has 0 atom stereocenters. The summed E-state index contributed by atoms with van der Waals surface area (Å²) in [6, 6.07) is 28.8. The Bertz CT molecular complexity index is 901. The third-order valence-electron chi connectivity index (χ3n) is 4.03. The van der Waals surface area contributed by atoms with E-state index in [2.05, 4.69) is 11.4 Å². The van der Waals surface area contributed by atoms with Gasteiger partial charge in [0.2, 0.25) is 5.91 Å². The Hall–Kier alpha value is -3.58. The van der Waals surface area contributed by atoms with Crippen LogP contribution in [0.4, 0.5) is 11.4 Å². The van der Waals surface area contributed by atoms with Crippen LogP contribution in [0.1, 0.15) is 11.1 Å². The van der Waals surface area contributed by atoms with Crippen LogP contribution in [0.25, 0.3) is 0 Å². The lowest BCUT2D eigenvalue weighted by Gasteiger charge is -2.23. The number of hydrogen-bond donors (Lipinski definition) is 1. The number of amides is 1. The van der Waals surface area contributed by atoms with Gasteiger partial charge in [0.25, 0.3) is 0 Å². The largest absolute Gasteiger partial charge is 0.375 e. The molecule has 0 aliphatic heterocycles. The van der Waals surface area contributed by atoms with Crippen LogP contribution in [-0.2, 0) is 11.3 Å². The van der Waals surface area contributed by atoms with Crippen molar-refractivity contribution in [3.8, 4) is 6.07 Å². The van der Waals surface area contributed by atoms with Crippen LogP contribution in [0.2, 0.25) is 0 Å². The Labute approximate surface area is 153 Å². The summed E-state index contributed by atoms with van der Waals surface area (Å²) in [7, 11) is 0. The molecule has 4 nitrogen and oxygen atoms in total. The molecule has 3 aromatic rings. The maximum atomic E-state index is 12.9. The first-order valence-electron chi connectivity index (χ1n) is 8.40. The van der Waals surface area contributed by atoms with E-state index in [9.17, 15) is 10.1 Å². The van der Waals surface area contributed by atoms with Crippen molar-refractivity contribution < 1.29 is 4.79 Å². The van der Waals surface area contributed by atoms with Gasteiger partial charge in [0.15, 0.2) is 0 Å². The molecule has 0 radical (unpaired) electrons. The number of benzene rings is 3. The lowest BCUT2D eigenvalue weighted by Crippen LogP contribution is -2.35. The number of nitriles is 1. The minimum Gasteiger partial charge on any atom is -0.375 e. The highest BCUT2D eigenvalue weighted by Gasteiger charge is 2.16. The molecule has 0 bridgehead atoms. The van der Waals surface area contributed by atoms with Crippen molar-refractivity contribution in [3.05, 3.63) is 96.1 Å². The highest BCUT2D eigenvalue weighted by atomic mass is 16.2. The van der Waals surface area contributed by atoms with Gasteiger partial charge in [-0.2, -0.15) is 5.26 Å². The predicted molar refractivity (Wildman–Crippen MR) is 104 cm³/mol. The van der Waals surface area contributed by atoms with E-state index in [1.54, 1.807) is 23.1 Å². The second kappa shape index (κ2) is 8.50. The zero-order chi connectivity index (χ0) is 18.2. The van der Waals surface area contributed by atoms with Crippen molar-refractivity contribution in [2.75, 3.05) is 16.8 Å². The molecule has 0 aliphatic carbocycles. The van der Waals surface area contributed by atoms with E-state index in [4.69, 9.17) is 0 Å². The van der Waals surface area contributed by atoms with Crippen LogP contribution in [-0.4, -0.2) is 12.5 Å². The van der Waals surface area contributed by atoms with E-state index in [1.807, 2.05) is 66.7 Å². The first kappa shape index (κ1) is 17.2. The smallest absolute Gasteiger partial charge is 0.246 e. The number of para-hydroxylation sites is 2. The summed E-state index contributed by atoms with van der Waals surface area (Å²) in [6.07, 6.45) is 0. The van der Waals surface area contributed by atoms with Gasteiger partial charge in [0, 0.05) is 5.69 Å². The third-order valence-corrected chi connectivity index (χ3v) is 4.03. The fourth-order valence-electron chi connectivity index (χ4n) is 2.70. The number of nitrogens with one attached hydrogen (secondary N) is 1. The minimum atomic E-state index is -0.0622. The van der Waals surface area contributed by atoms with E-state index in [0.29, 0.717) is 17.8 Å². The Balaban J connectivity index is 1.78. The van der Waals surface area contributed by atoms with Gasteiger partial charge in [0.05, 0.1) is 24.3 Å². The number of anilines is 2. The zero-order valence-electron chi connectivity index (χ0n) is 14.3. The second-order valence-corrected chi connectivity index (χ2v) is 5.81. The van der Waals surface area contributed by atoms with Crippen molar-refractivity contribution in [3.63, 3.8) is 0 Å². The number of carbonyl (C=O) groups is 1. The van der Waals surface area contributed by atoms with Gasteiger partial charge in [-0.1, -0.05) is 60.7 Å². The van der Waals surface area contributed by atoms with Crippen LogP contribution in [0.5, 0.6) is 0 Å². The van der Waals surface area contributed by atoms with Gasteiger partial charge < -0.3 is 10.2 Å². The summed E-state index contributed by atoms with van der Waals surface area (Å²) < 4.78 is 0. The summed E-state index contributed by atoms with van der Waals surface area (Å²) in [5, 5.41) is 12.3. The molecule has 0 spiro atoms. The van der Waals surface area contributed by atoms with Crippen molar-refractivity contribution in [2.24, 2.45) is 0 Å². The standard InChI is InChI=1S/C22H19N3O/c23-15-19-11-7-8-14-21(19)24-16-22(26)25(20-12-5-2-6-13-20)17-18-9-3-1-4-10-18/h1-14,24H,16-17H2. The first-order valence-corrected chi connectivity index (χ1v) is 8.40. The van der Waals surface area contributed by atoms with E-state index >= 15 is 0 Å². The molecule has 0 aliphatic rings. The van der Waals surface area contributed by atoms with Crippen molar-refractivity contribution in [1.29, 1.82) is 5.26 Å². The lowest BCUT2D eigenvalue weighted by molar-refractivity contribution is -0.117. The molecule has 4 heteroatoms. The highest BCUT2D eigenvalue weighted by molar-refractivity contribution is 5.96. The molecule has 26 heavy (non-hydrogen) atoms. The molecule has 0 aromatic heterocycles. The molecule has 1 amide bonds. The number of hydrogen-bond acceptors (Lipinski definition) is 3. The van der Waals surface area contributed by atoms with Crippen LogP contribution >= 0.6 is 0 Å². The van der Waals surface area contributed by atoms with Crippen LogP contribution in [0.15, 0.2) is 84.9 Å². The molecule has 0 fully saturated rings. The quantitative estimate of drug-likeness (QED) is 0.731. The fraction of sp³-hybridized carbons (Fsp3) is 0.0909. The van der Waals surface area contributed by atoms with Crippen molar-refractivity contribution in [1.82, 2.24) is 0 Å². The molecule has 0 unspecified atom stereocenters. The Morgan fingerprint density at radius 3 is 2.19 bits per heavy atom. The van der Waals surface area contributed by atoms with Crippen molar-refractivity contribution >= 4 is 17.3 Å². The minimum absolute atomic E-state index is 0.0622. The predicted octanol–water partition coefficient (Wildman–Crippen LogP) is 4.20. The summed E-state index contributed by atoms with van der Waals surface area (Å²) in [5.41, 5.74) is 3.09. The first-order chi connectivity index (χ1) is 12.8. The molecule has 3 aromatic carbocycles. The van der Waals surface area contributed by atoms with Crippen LogP contribution < -0.4 is 10.2 Å². The van der Waals surface area contributed by atoms with Crippen LogP contribution in [0, 0.1) is 11.3 Å². The Morgan fingerprint density at radius 1 is 0.885 bits per heavy atom. The Morgan fingerprint density at radius 2 is 1.50 bits per heavy atom. The molecular formula is C22H19N3O. The second-order valence-electron chi connectivity index (χ2n) is 5.81. The maximum absolute atomic E-state index is 12.9. The van der Waals surface area contributed by atoms with E-state index in [0.717, 1.165) is 11.3 Å². The summed E-state index contributed by atoms with van der Waals surface area (Å²) >= 11 is 0. The van der Waals surface area contributed by atoms with E-state index < -0.39 is 0 Å². The van der Waals surface area contributed by atoms with Gasteiger partial charge >= 0.3 is 0 Å². The van der Waals surface area contributed by atoms with Crippen molar-refractivity contribution in [2.45, 2.75) is 6.54 Å². The molecule has 0 heterocycles. The van der Waals surface area contributed by atoms with Gasteiger partial charge in [0.1, 0.15) is 6.07 Å². The number of carbonyl (C=O) groups excluding carboxylic acids is 1. The van der Waals surface area contributed by atoms with Gasteiger partial charge in [-0.15, -0.1) is 0 Å². The molecule has 0 saturated carbocycles. The Kier molecular flexibility index (Phi) is 5.64. The highest BCUT2D eigenvalue weighted by Crippen LogP contribution is 2.18. The van der Waals surface area contributed by atoms with Gasteiger partial charge in [-0.05, 0) is 29.8 Å².